The van der Waals surface area contributed by atoms with E-state index in [4.69, 9.17) is 9.47 Å². The van der Waals surface area contributed by atoms with E-state index in [0.717, 1.165) is 30.4 Å². The molecule has 128 valence electrons. The van der Waals surface area contributed by atoms with Crippen LogP contribution in [0.4, 0.5) is 0 Å². The third kappa shape index (κ3) is 4.10. The van der Waals surface area contributed by atoms with Crippen molar-refractivity contribution in [3.8, 4) is 0 Å². The third-order valence-electron chi connectivity index (χ3n) is 4.11. The van der Waals surface area contributed by atoms with Gasteiger partial charge in [0, 0.05) is 31.2 Å². The van der Waals surface area contributed by atoms with Crippen LogP contribution in [0.1, 0.15) is 24.3 Å². The van der Waals surface area contributed by atoms with Gasteiger partial charge in [0.05, 0.1) is 6.61 Å². The van der Waals surface area contributed by atoms with Gasteiger partial charge in [0.2, 0.25) is 0 Å². The summed E-state index contributed by atoms with van der Waals surface area (Å²) in [5, 5.41) is 1.80. The second kappa shape index (κ2) is 7.73. The van der Waals surface area contributed by atoms with Gasteiger partial charge in [-0.25, -0.2) is 9.78 Å². The van der Waals surface area contributed by atoms with Gasteiger partial charge in [-0.3, -0.25) is 4.90 Å². The summed E-state index contributed by atoms with van der Waals surface area (Å²) >= 11 is 0. The topological polar surface area (TPSA) is 51.7 Å². The molecule has 1 fully saturated rings. The fourth-order valence-corrected chi connectivity index (χ4v) is 3.08. The van der Waals surface area contributed by atoms with E-state index < -0.39 is 5.97 Å². The van der Waals surface area contributed by atoms with Gasteiger partial charge >= 0.3 is 5.97 Å². The number of benzene rings is 1. The highest BCUT2D eigenvalue weighted by molar-refractivity contribution is 6.02. The molecule has 1 saturated heterocycles. The van der Waals surface area contributed by atoms with Crippen LogP contribution in [0.3, 0.4) is 0 Å². The molecular weight excluding hydrogens is 304 g/mol. The van der Waals surface area contributed by atoms with Crippen LogP contribution in [0.25, 0.3) is 10.8 Å². The zero-order chi connectivity index (χ0) is 16.9. The van der Waals surface area contributed by atoms with Crippen molar-refractivity contribution in [2.45, 2.75) is 20.0 Å². The number of morpholine rings is 1. The Kier molecular flexibility index (Phi) is 5.43. The minimum Gasteiger partial charge on any atom is -0.458 e. The molecule has 1 aliphatic rings. The van der Waals surface area contributed by atoms with E-state index in [0.29, 0.717) is 18.2 Å². The average molecular weight is 328 g/mol. The Hall–Kier alpha value is -1.98. The average Bonchev–Trinajstić information content (AvgIpc) is 2.59. The Bertz CT molecular complexity index is 697. The third-order valence-corrected chi connectivity index (χ3v) is 4.11. The smallest absolute Gasteiger partial charge is 0.357 e. The van der Waals surface area contributed by atoms with Gasteiger partial charge in [-0.15, -0.1) is 0 Å². The molecule has 1 aliphatic heterocycles. The lowest BCUT2D eigenvalue weighted by atomic mass is 10.1. The van der Waals surface area contributed by atoms with Crippen molar-refractivity contribution < 1.29 is 14.3 Å². The van der Waals surface area contributed by atoms with E-state index in [1.807, 2.05) is 30.3 Å². The number of carbonyl (C=O) groups is 1. The van der Waals surface area contributed by atoms with Crippen LogP contribution in [-0.4, -0.2) is 54.8 Å². The second-order valence-corrected chi connectivity index (χ2v) is 6.63. The molecule has 0 unspecified atom stereocenters. The quantitative estimate of drug-likeness (QED) is 0.790. The molecule has 2 heterocycles. The van der Waals surface area contributed by atoms with Crippen LogP contribution in [0, 0.1) is 5.92 Å². The van der Waals surface area contributed by atoms with Crippen molar-refractivity contribution in [3.05, 3.63) is 42.2 Å². The van der Waals surface area contributed by atoms with Gasteiger partial charge in [-0.05, 0) is 17.4 Å². The van der Waals surface area contributed by atoms with Crippen LogP contribution in [0.5, 0.6) is 0 Å². The van der Waals surface area contributed by atoms with Crippen molar-refractivity contribution >= 4 is 16.7 Å². The zero-order valence-electron chi connectivity index (χ0n) is 14.3. The number of hydrogen-bond donors (Lipinski definition) is 0. The summed E-state index contributed by atoms with van der Waals surface area (Å²) in [6, 6.07) is 9.58. The van der Waals surface area contributed by atoms with Crippen molar-refractivity contribution in [1.82, 2.24) is 9.88 Å². The lowest BCUT2D eigenvalue weighted by Crippen LogP contribution is -2.45. The van der Waals surface area contributed by atoms with E-state index in [1.165, 1.54) is 0 Å². The normalized spacial score (nSPS) is 18.9. The molecule has 0 aliphatic carbocycles. The van der Waals surface area contributed by atoms with Gasteiger partial charge in [0.25, 0.3) is 0 Å². The predicted molar refractivity (Wildman–Crippen MR) is 93.0 cm³/mol. The molecule has 0 N–H and O–H groups in total. The number of ether oxygens (including phenoxy) is 2. The highest BCUT2D eigenvalue weighted by atomic mass is 16.6. The SMILES string of the molecule is CC(C)CN1CCO[C@@H](COC(=O)c2nccc3ccccc23)C1. The van der Waals surface area contributed by atoms with Gasteiger partial charge < -0.3 is 9.47 Å². The Morgan fingerprint density at radius 3 is 3.04 bits per heavy atom. The molecular formula is C19H24N2O3. The van der Waals surface area contributed by atoms with Crippen LogP contribution < -0.4 is 0 Å². The lowest BCUT2D eigenvalue weighted by Gasteiger charge is -2.33. The second-order valence-electron chi connectivity index (χ2n) is 6.63. The number of hydrogen-bond acceptors (Lipinski definition) is 5. The minimum absolute atomic E-state index is 0.0728. The molecule has 1 aromatic heterocycles. The highest BCUT2D eigenvalue weighted by Crippen LogP contribution is 2.17. The first kappa shape index (κ1) is 16.9. The molecule has 1 aromatic carbocycles. The van der Waals surface area contributed by atoms with Crippen molar-refractivity contribution in [3.63, 3.8) is 0 Å². The number of pyridine rings is 1. The zero-order valence-corrected chi connectivity index (χ0v) is 14.3. The molecule has 3 rings (SSSR count). The fourth-order valence-electron chi connectivity index (χ4n) is 3.08. The summed E-state index contributed by atoms with van der Waals surface area (Å²) < 4.78 is 11.2. The Labute approximate surface area is 142 Å². The monoisotopic (exact) mass is 328 g/mol. The number of rotatable bonds is 5. The van der Waals surface area contributed by atoms with Gasteiger partial charge in [0.1, 0.15) is 12.7 Å². The van der Waals surface area contributed by atoms with E-state index in [2.05, 4.69) is 23.7 Å². The molecule has 0 saturated carbocycles. The molecule has 5 heteroatoms. The Morgan fingerprint density at radius 2 is 2.21 bits per heavy atom. The van der Waals surface area contributed by atoms with E-state index in [-0.39, 0.29) is 12.7 Å². The maximum atomic E-state index is 12.4. The molecule has 1 atom stereocenters. The summed E-state index contributed by atoms with van der Waals surface area (Å²) in [5.74, 6) is 0.225. The molecule has 0 bridgehead atoms. The minimum atomic E-state index is -0.392. The summed E-state index contributed by atoms with van der Waals surface area (Å²) in [6.45, 7) is 8.13. The Morgan fingerprint density at radius 1 is 1.38 bits per heavy atom. The van der Waals surface area contributed by atoms with Crippen molar-refractivity contribution in [2.75, 3.05) is 32.8 Å². The number of carbonyl (C=O) groups excluding carboxylic acids is 1. The number of nitrogens with zero attached hydrogens (tertiary/aromatic N) is 2. The maximum absolute atomic E-state index is 12.4. The number of aromatic nitrogens is 1. The standard InChI is InChI=1S/C19H24N2O3/c1-14(2)11-21-9-10-23-16(12-21)13-24-19(22)18-17-6-4-3-5-15(17)7-8-20-18/h3-8,14,16H,9-13H2,1-2H3/t16-/m1/s1. The van der Waals surface area contributed by atoms with Gasteiger partial charge in [-0.2, -0.15) is 0 Å². The number of esters is 1. The van der Waals surface area contributed by atoms with Gasteiger partial charge in [0.15, 0.2) is 5.69 Å². The number of fused-ring (bicyclic) bond motifs is 1. The summed E-state index contributed by atoms with van der Waals surface area (Å²) in [7, 11) is 0. The molecule has 0 radical (unpaired) electrons. The lowest BCUT2D eigenvalue weighted by molar-refractivity contribution is -0.0613. The fraction of sp³-hybridized carbons (Fsp3) is 0.474. The predicted octanol–water partition coefficient (Wildman–Crippen LogP) is 2.75. The van der Waals surface area contributed by atoms with E-state index in [9.17, 15) is 4.79 Å². The highest BCUT2D eigenvalue weighted by Gasteiger charge is 2.23. The molecule has 24 heavy (non-hydrogen) atoms. The van der Waals surface area contributed by atoms with Crippen LogP contribution in [0.15, 0.2) is 36.5 Å². The largest absolute Gasteiger partial charge is 0.458 e. The van der Waals surface area contributed by atoms with Crippen LogP contribution >= 0.6 is 0 Å². The van der Waals surface area contributed by atoms with Crippen LogP contribution in [-0.2, 0) is 9.47 Å². The maximum Gasteiger partial charge on any atom is 0.357 e. The van der Waals surface area contributed by atoms with Crippen molar-refractivity contribution in [2.24, 2.45) is 5.92 Å². The molecule has 0 amide bonds. The first-order valence-electron chi connectivity index (χ1n) is 8.48. The summed E-state index contributed by atoms with van der Waals surface area (Å²) in [4.78, 5) is 19.0. The Balaban J connectivity index is 1.61. The van der Waals surface area contributed by atoms with E-state index >= 15 is 0 Å². The summed E-state index contributed by atoms with van der Waals surface area (Å²) in [6.07, 6.45) is 1.57. The molecule has 5 nitrogen and oxygen atoms in total. The molecule has 0 spiro atoms. The summed E-state index contributed by atoms with van der Waals surface area (Å²) in [5.41, 5.74) is 0.364. The first-order chi connectivity index (χ1) is 11.6. The van der Waals surface area contributed by atoms with E-state index in [1.54, 1.807) is 6.20 Å². The molecule has 2 aromatic rings. The first-order valence-corrected chi connectivity index (χ1v) is 8.48. The van der Waals surface area contributed by atoms with Crippen molar-refractivity contribution in [1.29, 1.82) is 0 Å². The van der Waals surface area contributed by atoms with Crippen LogP contribution in [0.2, 0.25) is 0 Å². The van der Waals surface area contributed by atoms with Gasteiger partial charge in [-0.1, -0.05) is 38.1 Å².